The van der Waals surface area contributed by atoms with Crippen molar-refractivity contribution >= 4 is 22.4 Å². The molecule has 2 aromatic rings. The summed E-state index contributed by atoms with van der Waals surface area (Å²) in [5, 5.41) is 2.06. The molecule has 19 heavy (non-hydrogen) atoms. The van der Waals surface area contributed by atoms with Crippen molar-refractivity contribution in [3.05, 3.63) is 30.3 Å². The minimum absolute atomic E-state index is 0.585. The van der Waals surface area contributed by atoms with E-state index in [4.69, 9.17) is 25.8 Å². The Morgan fingerprint density at radius 3 is 2.58 bits per heavy atom. The second-order valence-corrected chi connectivity index (χ2v) is 4.45. The van der Waals surface area contributed by atoms with Crippen LogP contribution in [0.15, 0.2) is 30.3 Å². The molecule has 3 nitrogen and oxygen atoms in total. The summed E-state index contributed by atoms with van der Waals surface area (Å²) in [6, 6.07) is 9.76. The van der Waals surface area contributed by atoms with Crippen molar-refractivity contribution in [3.63, 3.8) is 0 Å². The molecule has 0 saturated heterocycles. The van der Waals surface area contributed by atoms with Crippen molar-refractivity contribution in [3.8, 4) is 17.2 Å². The van der Waals surface area contributed by atoms with E-state index in [0.29, 0.717) is 12.5 Å². The van der Waals surface area contributed by atoms with Gasteiger partial charge in [0, 0.05) is 11.3 Å². The number of alkyl halides is 1. The number of methoxy groups -OCH3 is 2. The molecule has 0 aliphatic heterocycles. The number of hydrogen-bond donors (Lipinski definition) is 0. The van der Waals surface area contributed by atoms with Gasteiger partial charge in [-0.25, -0.2) is 0 Å². The molecule has 2 rings (SSSR count). The first-order valence-electron chi connectivity index (χ1n) is 6.13. The standard InChI is InChI=1S/C15H17ClO3/c1-17-12-5-6-13-11(10-12)4-7-14(15(13)18-2)19-9-3-8-16/h4-7,10H,3,8-9H2,1-2H3. The Bertz CT molecular complexity index is 554. The molecule has 0 bridgehead atoms. The molecule has 0 amide bonds. The monoisotopic (exact) mass is 280 g/mol. The molecule has 102 valence electrons. The van der Waals surface area contributed by atoms with Crippen LogP contribution in [0.25, 0.3) is 10.8 Å². The van der Waals surface area contributed by atoms with Crippen LogP contribution in [0, 0.1) is 0 Å². The maximum absolute atomic E-state index is 5.69. The van der Waals surface area contributed by atoms with Crippen molar-refractivity contribution in [1.82, 2.24) is 0 Å². The molecule has 0 aliphatic rings. The van der Waals surface area contributed by atoms with Gasteiger partial charge in [0.1, 0.15) is 5.75 Å². The molecule has 0 spiro atoms. The largest absolute Gasteiger partial charge is 0.497 e. The fourth-order valence-electron chi connectivity index (χ4n) is 1.95. The summed E-state index contributed by atoms with van der Waals surface area (Å²) in [7, 11) is 3.30. The van der Waals surface area contributed by atoms with Gasteiger partial charge in [-0.05, 0) is 36.1 Å². The van der Waals surface area contributed by atoms with E-state index in [1.165, 1.54) is 0 Å². The summed E-state index contributed by atoms with van der Waals surface area (Å²) in [5.41, 5.74) is 0. The van der Waals surface area contributed by atoms with Crippen LogP contribution in [0.1, 0.15) is 6.42 Å². The maximum Gasteiger partial charge on any atom is 0.168 e. The van der Waals surface area contributed by atoms with E-state index in [9.17, 15) is 0 Å². The smallest absolute Gasteiger partial charge is 0.168 e. The van der Waals surface area contributed by atoms with Gasteiger partial charge < -0.3 is 14.2 Å². The number of rotatable bonds is 6. The molecule has 0 aromatic heterocycles. The van der Waals surface area contributed by atoms with Gasteiger partial charge in [-0.15, -0.1) is 11.6 Å². The van der Waals surface area contributed by atoms with Gasteiger partial charge in [0.2, 0.25) is 0 Å². The third kappa shape index (κ3) is 3.04. The van der Waals surface area contributed by atoms with Gasteiger partial charge in [0.05, 0.1) is 20.8 Å². The lowest BCUT2D eigenvalue weighted by Gasteiger charge is -2.13. The lowest BCUT2D eigenvalue weighted by atomic mass is 10.1. The van der Waals surface area contributed by atoms with E-state index in [2.05, 4.69) is 0 Å². The highest BCUT2D eigenvalue weighted by atomic mass is 35.5. The molecule has 0 atom stereocenters. The zero-order valence-electron chi connectivity index (χ0n) is 11.1. The summed E-state index contributed by atoms with van der Waals surface area (Å²) < 4.78 is 16.4. The first-order chi connectivity index (χ1) is 9.30. The van der Waals surface area contributed by atoms with E-state index in [-0.39, 0.29) is 0 Å². The van der Waals surface area contributed by atoms with Gasteiger partial charge in [0.15, 0.2) is 11.5 Å². The first kappa shape index (κ1) is 13.8. The Hall–Kier alpha value is -1.61. The molecule has 0 aliphatic carbocycles. The highest BCUT2D eigenvalue weighted by Gasteiger charge is 2.10. The zero-order valence-corrected chi connectivity index (χ0v) is 11.9. The lowest BCUT2D eigenvalue weighted by molar-refractivity contribution is 0.296. The fourth-order valence-corrected chi connectivity index (χ4v) is 2.06. The van der Waals surface area contributed by atoms with Crippen LogP contribution in [0.3, 0.4) is 0 Å². The maximum atomic E-state index is 5.69. The predicted molar refractivity (Wildman–Crippen MR) is 77.9 cm³/mol. The van der Waals surface area contributed by atoms with E-state index < -0.39 is 0 Å². The van der Waals surface area contributed by atoms with Gasteiger partial charge in [0.25, 0.3) is 0 Å². The van der Waals surface area contributed by atoms with Crippen molar-refractivity contribution in [2.45, 2.75) is 6.42 Å². The molecule has 0 N–H and O–H groups in total. The Morgan fingerprint density at radius 1 is 1.05 bits per heavy atom. The number of benzene rings is 2. The number of fused-ring (bicyclic) bond motifs is 1. The fraction of sp³-hybridized carbons (Fsp3) is 0.333. The average Bonchev–Trinajstić information content (AvgIpc) is 2.46. The lowest BCUT2D eigenvalue weighted by Crippen LogP contribution is -2.00. The summed E-state index contributed by atoms with van der Waals surface area (Å²) >= 11 is 5.64. The Kier molecular flexibility index (Phi) is 4.74. The molecule has 0 radical (unpaired) electrons. The van der Waals surface area contributed by atoms with Crippen LogP contribution in [-0.2, 0) is 0 Å². The van der Waals surface area contributed by atoms with Crippen LogP contribution in [0.5, 0.6) is 17.2 Å². The Morgan fingerprint density at radius 2 is 1.89 bits per heavy atom. The van der Waals surface area contributed by atoms with Crippen molar-refractivity contribution in [2.24, 2.45) is 0 Å². The minimum atomic E-state index is 0.585. The summed E-state index contributed by atoms with van der Waals surface area (Å²) in [5.74, 6) is 2.90. The van der Waals surface area contributed by atoms with Gasteiger partial charge in [-0.2, -0.15) is 0 Å². The molecule has 0 heterocycles. The number of hydrogen-bond acceptors (Lipinski definition) is 3. The van der Waals surface area contributed by atoms with Crippen LogP contribution in [0.4, 0.5) is 0 Å². The molecule has 0 saturated carbocycles. The second kappa shape index (κ2) is 6.53. The average molecular weight is 281 g/mol. The second-order valence-electron chi connectivity index (χ2n) is 4.08. The molecule has 2 aromatic carbocycles. The van der Waals surface area contributed by atoms with Crippen LogP contribution >= 0.6 is 11.6 Å². The third-order valence-corrected chi connectivity index (χ3v) is 3.15. The number of ether oxygens (including phenoxy) is 3. The van der Waals surface area contributed by atoms with Crippen molar-refractivity contribution in [1.29, 1.82) is 0 Å². The van der Waals surface area contributed by atoms with E-state index >= 15 is 0 Å². The normalized spacial score (nSPS) is 10.5. The topological polar surface area (TPSA) is 27.7 Å². The third-order valence-electron chi connectivity index (χ3n) is 2.88. The summed E-state index contributed by atoms with van der Waals surface area (Å²) in [4.78, 5) is 0. The summed E-state index contributed by atoms with van der Waals surface area (Å²) in [6.45, 7) is 0.585. The van der Waals surface area contributed by atoms with Crippen LogP contribution in [-0.4, -0.2) is 26.7 Å². The van der Waals surface area contributed by atoms with Crippen LogP contribution in [0.2, 0.25) is 0 Å². The Balaban J connectivity index is 2.38. The summed E-state index contributed by atoms with van der Waals surface area (Å²) in [6.07, 6.45) is 0.811. The van der Waals surface area contributed by atoms with Crippen LogP contribution < -0.4 is 14.2 Å². The van der Waals surface area contributed by atoms with E-state index in [1.54, 1.807) is 14.2 Å². The quantitative estimate of drug-likeness (QED) is 0.594. The first-order valence-corrected chi connectivity index (χ1v) is 6.67. The number of halogens is 1. The van der Waals surface area contributed by atoms with Gasteiger partial charge >= 0.3 is 0 Å². The van der Waals surface area contributed by atoms with Crippen molar-refractivity contribution in [2.75, 3.05) is 26.7 Å². The molecular formula is C15H17ClO3. The van der Waals surface area contributed by atoms with Gasteiger partial charge in [-0.1, -0.05) is 6.07 Å². The zero-order chi connectivity index (χ0) is 13.7. The molecular weight excluding hydrogens is 264 g/mol. The SMILES string of the molecule is COc1ccc2c(OC)c(OCCCCl)ccc2c1. The van der Waals surface area contributed by atoms with Crippen molar-refractivity contribution < 1.29 is 14.2 Å². The highest BCUT2D eigenvalue weighted by Crippen LogP contribution is 2.36. The predicted octanol–water partition coefficient (Wildman–Crippen LogP) is 3.86. The molecule has 4 heteroatoms. The Labute approximate surface area is 118 Å². The van der Waals surface area contributed by atoms with E-state index in [1.807, 2.05) is 30.3 Å². The van der Waals surface area contributed by atoms with Gasteiger partial charge in [-0.3, -0.25) is 0 Å². The van der Waals surface area contributed by atoms with E-state index in [0.717, 1.165) is 34.4 Å². The molecule has 0 unspecified atom stereocenters. The minimum Gasteiger partial charge on any atom is -0.497 e. The molecule has 0 fully saturated rings. The highest BCUT2D eigenvalue weighted by molar-refractivity contribution is 6.17.